The lowest BCUT2D eigenvalue weighted by Gasteiger charge is -2.18. The van der Waals surface area contributed by atoms with Crippen molar-refractivity contribution >= 4 is 21.8 Å². The quantitative estimate of drug-likeness (QED) is 0.902. The molecule has 3 N–H and O–H groups in total. The first-order valence-electron chi connectivity index (χ1n) is 6.44. The highest BCUT2D eigenvalue weighted by Gasteiger charge is 2.17. The van der Waals surface area contributed by atoms with Crippen LogP contribution in [0.5, 0.6) is 0 Å². The molecule has 20 heavy (non-hydrogen) atoms. The summed E-state index contributed by atoms with van der Waals surface area (Å²) in [6.07, 6.45) is 0. The Morgan fingerprint density at radius 3 is 2.25 bits per heavy atom. The van der Waals surface area contributed by atoms with Crippen LogP contribution < -0.4 is 11.1 Å². The number of hydrogen-bond acceptors (Lipinski definition) is 2. The van der Waals surface area contributed by atoms with Gasteiger partial charge in [0.25, 0.3) is 0 Å². The van der Waals surface area contributed by atoms with Crippen molar-refractivity contribution in [3.8, 4) is 0 Å². The normalized spacial score (nSPS) is 13.6. The molecule has 2 rings (SSSR count). The SMILES string of the molecule is CC(NC(=O)[C@H](N)c1ccccc1)c1ccc(Br)cc1. The molecule has 0 aliphatic carbocycles. The minimum Gasteiger partial charge on any atom is -0.348 e. The third-order valence-corrected chi connectivity index (χ3v) is 3.70. The molecule has 0 heterocycles. The number of amides is 1. The molecule has 0 bridgehead atoms. The van der Waals surface area contributed by atoms with Gasteiger partial charge in [-0.05, 0) is 30.2 Å². The Bertz CT molecular complexity index is 569. The molecule has 3 nitrogen and oxygen atoms in total. The monoisotopic (exact) mass is 332 g/mol. The van der Waals surface area contributed by atoms with Crippen LogP contribution in [0, 0.1) is 0 Å². The zero-order valence-electron chi connectivity index (χ0n) is 11.2. The lowest BCUT2D eigenvalue weighted by atomic mass is 10.1. The van der Waals surface area contributed by atoms with Crippen LogP contribution >= 0.6 is 15.9 Å². The van der Waals surface area contributed by atoms with Gasteiger partial charge in [0.1, 0.15) is 6.04 Å². The molecule has 4 heteroatoms. The van der Waals surface area contributed by atoms with Crippen LogP contribution in [0.2, 0.25) is 0 Å². The van der Waals surface area contributed by atoms with Gasteiger partial charge >= 0.3 is 0 Å². The fourth-order valence-corrected chi connectivity index (χ4v) is 2.21. The molecule has 2 atom stereocenters. The van der Waals surface area contributed by atoms with Crippen molar-refractivity contribution in [1.82, 2.24) is 5.32 Å². The van der Waals surface area contributed by atoms with E-state index in [-0.39, 0.29) is 11.9 Å². The van der Waals surface area contributed by atoms with E-state index >= 15 is 0 Å². The van der Waals surface area contributed by atoms with E-state index in [1.165, 1.54) is 0 Å². The van der Waals surface area contributed by atoms with Crippen LogP contribution in [0.25, 0.3) is 0 Å². The molecular weight excluding hydrogens is 316 g/mol. The second-order valence-electron chi connectivity index (χ2n) is 4.67. The summed E-state index contributed by atoms with van der Waals surface area (Å²) in [6, 6.07) is 16.5. The zero-order valence-corrected chi connectivity index (χ0v) is 12.8. The Kier molecular flexibility index (Phi) is 4.93. The van der Waals surface area contributed by atoms with Crippen LogP contribution in [0.3, 0.4) is 0 Å². The number of hydrogen-bond donors (Lipinski definition) is 2. The van der Waals surface area contributed by atoms with Crippen molar-refractivity contribution in [2.75, 3.05) is 0 Å². The number of rotatable bonds is 4. The van der Waals surface area contributed by atoms with Crippen LogP contribution in [0.1, 0.15) is 30.1 Å². The molecule has 1 unspecified atom stereocenters. The van der Waals surface area contributed by atoms with E-state index in [2.05, 4.69) is 21.2 Å². The maximum Gasteiger partial charge on any atom is 0.241 e. The third-order valence-electron chi connectivity index (χ3n) is 3.17. The summed E-state index contributed by atoms with van der Waals surface area (Å²) in [4.78, 5) is 12.1. The standard InChI is InChI=1S/C16H17BrN2O/c1-11(12-7-9-14(17)10-8-12)19-16(20)15(18)13-5-3-2-4-6-13/h2-11,15H,18H2,1H3,(H,19,20)/t11?,15-/m1/s1. The van der Waals surface area contributed by atoms with Gasteiger partial charge in [-0.3, -0.25) is 4.79 Å². The van der Waals surface area contributed by atoms with E-state index in [4.69, 9.17) is 5.73 Å². The second-order valence-corrected chi connectivity index (χ2v) is 5.59. The van der Waals surface area contributed by atoms with E-state index < -0.39 is 6.04 Å². The fraction of sp³-hybridized carbons (Fsp3) is 0.188. The number of nitrogens with one attached hydrogen (secondary N) is 1. The van der Waals surface area contributed by atoms with E-state index in [1.807, 2.05) is 61.5 Å². The summed E-state index contributed by atoms with van der Waals surface area (Å²) >= 11 is 3.39. The molecule has 0 radical (unpaired) electrons. The van der Waals surface area contributed by atoms with E-state index in [0.29, 0.717) is 0 Å². The highest BCUT2D eigenvalue weighted by atomic mass is 79.9. The molecule has 2 aromatic rings. The van der Waals surface area contributed by atoms with Crippen molar-refractivity contribution < 1.29 is 4.79 Å². The van der Waals surface area contributed by atoms with Crippen LogP contribution in [0.15, 0.2) is 59.1 Å². The largest absolute Gasteiger partial charge is 0.348 e. The van der Waals surface area contributed by atoms with Crippen molar-refractivity contribution in [1.29, 1.82) is 0 Å². The average Bonchev–Trinajstić information content (AvgIpc) is 2.48. The van der Waals surface area contributed by atoms with Gasteiger partial charge in [0.05, 0.1) is 6.04 Å². The first-order chi connectivity index (χ1) is 9.58. The molecule has 0 saturated carbocycles. The highest BCUT2D eigenvalue weighted by Crippen LogP contribution is 2.18. The third kappa shape index (κ3) is 3.68. The topological polar surface area (TPSA) is 55.1 Å². The number of halogens is 1. The molecule has 2 aromatic carbocycles. The summed E-state index contributed by atoms with van der Waals surface area (Å²) in [5, 5.41) is 2.93. The van der Waals surface area contributed by atoms with Crippen molar-refractivity contribution in [3.05, 3.63) is 70.2 Å². The van der Waals surface area contributed by atoms with Gasteiger partial charge in [0, 0.05) is 4.47 Å². The van der Waals surface area contributed by atoms with E-state index in [0.717, 1.165) is 15.6 Å². The molecular formula is C16H17BrN2O. The van der Waals surface area contributed by atoms with Gasteiger partial charge < -0.3 is 11.1 Å². The number of benzene rings is 2. The van der Waals surface area contributed by atoms with Gasteiger partial charge in [-0.25, -0.2) is 0 Å². The minimum absolute atomic E-state index is 0.0784. The number of carbonyl (C=O) groups is 1. The Hall–Kier alpha value is -1.65. The summed E-state index contributed by atoms with van der Waals surface area (Å²) in [5.41, 5.74) is 7.83. The van der Waals surface area contributed by atoms with Crippen molar-refractivity contribution in [2.24, 2.45) is 5.73 Å². The molecule has 0 spiro atoms. The smallest absolute Gasteiger partial charge is 0.241 e. The van der Waals surface area contributed by atoms with Gasteiger partial charge in [0.2, 0.25) is 5.91 Å². The lowest BCUT2D eigenvalue weighted by Crippen LogP contribution is -2.35. The Morgan fingerprint density at radius 2 is 1.65 bits per heavy atom. The Labute approximate surface area is 127 Å². The second kappa shape index (κ2) is 6.68. The highest BCUT2D eigenvalue weighted by molar-refractivity contribution is 9.10. The number of carbonyl (C=O) groups excluding carboxylic acids is 1. The van der Waals surface area contributed by atoms with Gasteiger partial charge in [-0.2, -0.15) is 0 Å². The lowest BCUT2D eigenvalue weighted by molar-refractivity contribution is -0.123. The summed E-state index contributed by atoms with van der Waals surface area (Å²) < 4.78 is 1.01. The molecule has 0 saturated heterocycles. The van der Waals surface area contributed by atoms with Crippen LogP contribution in [0.4, 0.5) is 0 Å². The predicted octanol–water partition coefficient (Wildman–Crippen LogP) is 3.33. The van der Waals surface area contributed by atoms with Gasteiger partial charge in [-0.1, -0.05) is 58.4 Å². The van der Waals surface area contributed by atoms with Gasteiger partial charge in [-0.15, -0.1) is 0 Å². The van der Waals surface area contributed by atoms with Crippen LogP contribution in [-0.4, -0.2) is 5.91 Å². The molecule has 0 aromatic heterocycles. The number of nitrogens with two attached hydrogens (primary N) is 1. The first-order valence-corrected chi connectivity index (χ1v) is 7.23. The Morgan fingerprint density at radius 1 is 1.05 bits per heavy atom. The van der Waals surface area contributed by atoms with Crippen molar-refractivity contribution in [3.63, 3.8) is 0 Å². The maximum absolute atomic E-state index is 12.1. The minimum atomic E-state index is -0.644. The molecule has 1 amide bonds. The molecule has 104 valence electrons. The van der Waals surface area contributed by atoms with E-state index in [1.54, 1.807) is 0 Å². The summed E-state index contributed by atoms with van der Waals surface area (Å²) in [5.74, 6) is -0.174. The fourth-order valence-electron chi connectivity index (χ4n) is 1.95. The van der Waals surface area contributed by atoms with Gasteiger partial charge in [0.15, 0.2) is 0 Å². The Balaban J connectivity index is 2.02. The van der Waals surface area contributed by atoms with E-state index in [9.17, 15) is 4.79 Å². The van der Waals surface area contributed by atoms with Crippen molar-refractivity contribution in [2.45, 2.75) is 19.0 Å². The maximum atomic E-state index is 12.1. The molecule has 0 aliphatic heterocycles. The molecule has 0 aliphatic rings. The summed E-state index contributed by atoms with van der Waals surface area (Å²) in [7, 11) is 0. The first kappa shape index (κ1) is 14.8. The summed E-state index contributed by atoms with van der Waals surface area (Å²) in [6.45, 7) is 1.94. The predicted molar refractivity (Wildman–Crippen MR) is 84.1 cm³/mol. The zero-order chi connectivity index (χ0) is 14.5. The molecule has 0 fully saturated rings. The average molecular weight is 333 g/mol. The van der Waals surface area contributed by atoms with Crippen LogP contribution in [-0.2, 0) is 4.79 Å².